The molecule has 0 aliphatic heterocycles. The second-order valence-corrected chi connectivity index (χ2v) is 2.26. The Kier molecular flexibility index (Phi) is 2.66. The Bertz CT molecular complexity index is 226. The van der Waals surface area contributed by atoms with Gasteiger partial charge in [-0.25, -0.2) is 0 Å². The molecule has 0 unspecified atom stereocenters. The molecular formula is C9H9O2. The average Bonchev–Trinajstić information content (AvgIpc) is 2.04. The molecule has 0 saturated heterocycles. The summed E-state index contributed by atoms with van der Waals surface area (Å²) < 4.78 is 4.45. The molecule has 2 nitrogen and oxygen atoms in total. The number of aryl methyl sites for hydroxylation is 1. The van der Waals surface area contributed by atoms with Gasteiger partial charge in [-0.05, 0) is 12.5 Å². The van der Waals surface area contributed by atoms with Gasteiger partial charge in [-0.1, -0.05) is 29.8 Å². The summed E-state index contributed by atoms with van der Waals surface area (Å²) in [6, 6.07) is 7.69. The van der Waals surface area contributed by atoms with E-state index in [0.717, 1.165) is 5.56 Å². The van der Waals surface area contributed by atoms with Crippen LogP contribution < -0.4 is 0 Å². The summed E-state index contributed by atoms with van der Waals surface area (Å²) in [7, 11) is 0. The topological polar surface area (TPSA) is 26.3 Å². The molecule has 0 fully saturated rings. The molecule has 0 atom stereocenters. The van der Waals surface area contributed by atoms with Crippen LogP contribution >= 0.6 is 0 Å². The van der Waals surface area contributed by atoms with Crippen LogP contribution in [0.15, 0.2) is 24.3 Å². The van der Waals surface area contributed by atoms with Gasteiger partial charge in [0.15, 0.2) is 6.61 Å². The van der Waals surface area contributed by atoms with Gasteiger partial charge >= 0.3 is 0 Å². The fourth-order valence-electron chi connectivity index (χ4n) is 0.751. The minimum absolute atomic E-state index is 0.403. The van der Waals surface area contributed by atoms with Crippen molar-refractivity contribution in [1.29, 1.82) is 0 Å². The molecule has 0 aromatic heterocycles. The van der Waals surface area contributed by atoms with Crippen molar-refractivity contribution in [3.63, 3.8) is 0 Å². The van der Waals surface area contributed by atoms with Gasteiger partial charge in [-0.15, -0.1) is 0 Å². The number of carbonyl (C=O) groups excluding carboxylic acids is 1. The lowest BCUT2D eigenvalue weighted by Gasteiger charge is -1.97. The highest BCUT2D eigenvalue weighted by Gasteiger charge is 1.91. The SMILES string of the molecule is Cc1ccc([CH]OC=O)cc1. The molecule has 1 rings (SSSR count). The van der Waals surface area contributed by atoms with Crippen LogP contribution in [0.25, 0.3) is 0 Å². The Hall–Kier alpha value is -1.31. The zero-order valence-electron chi connectivity index (χ0n) is 6.28. The van der Waals surface area contributed by atoms with Gasteiger partial charge in [0.25, 0.3) is 6.47 Å². The van der Waals surface area contributed by atoms with Crippen LogP contribution in [0, 0.1) is 13.5 Å². The number of carbonyl (C=O) groups is 1. The number of hydrogen-bond donors (Lipinski definition) is 0. The van der Waals surface area contributed by atoms with E-state index in [9.17, 15) is 4.79 Å². The Labute approximate surface area is 65.8 Å². The van der Waals surface area contributed by atoms with Crippen molar-refractivity contribution >= 4 is 6.47 Å². The molecule has 0 amide bonds. The average molecular weight is 149 g/mol. The maximum Gasteiger partial charge on any atom is 0.293 e. The first-order valence-electron chi connectivity index (χ1n) is 3.32. The smallest absolute Gasteiger partial charge is 0.293 e. The van der Waals surface area contributed by atoms with Crippen molar-refractivity contribution in [2.45, 2.75) is 6.92 Å². The van der Waals surface area contributed by atoms with Gasteiger partial charge in [-0.3, -0.25) is 4.79 Å². The molecule has 0 saturated carbocycles. The van der Waals surface area contributed by atoms with Crippen LogP contribution in [0.4, 0.5) is 0 Å². The highest BCUT2D eigenvalue weighted by Crippen LogP contribution is 2.04. The summed E-state index contributed by atoms with van der Waals surface area (Å²) in [4.78, 5) is 9.79. The van der Waals surface area contributed by atoms with Gasteiger partial charge in [-0.2, -0.15) is 0 Å². The van der Waals surface area contributed by atoms with Crippen molar-refractivity contribution in [3.05, 3.63) is 42.0 Å². The van der Waals surface area contributed by atoms with Crippen molar-refractivity contribution in [2.75, 3.05) is 0 Å². The summed E-state index contributed by atoms with van der Waals surface area (Å²) >= 11 is 0. The minimum Gasteiger partial charge on any atom is -0.455 e. The minimum atomic E-state index is 0.403. The largest absolute Gasteiger partial charge is 0.455 e. The molecule has 0 heterocycles. The van der Waals surface area contributed by atoms with Gasteiger partial charge in [0.1, 0.15) is 0 Å². The molecule has 0 N–H and O–H groups in total. The highest BCUT2D eigenvalue weighted by atomic mass is 16.5. The molecule has 0 aliphatic rings. The van der Waals surface area contributed by atoms with Crippen LogP contribution in [-0.2, 0) is 9.53 Å². The van der Waals surface area contributed by atoms with Gasteiger partial charge in [0, 0.05) is 0 Å². The Balaban J connectivity index is 2.58. The normalized spacial score (nSPS) is 9.18. The lowest BCUT2D eigenvalue weighted by Crippen LogP contribution is -1.86. The molecule has 0 spiro atoms. The van der Waals surface area contributed by atoms with Gasteiger partial charge in [0.2, 0.25) is 0 Å². The quantitative estimate of drug-likeness (QED) is 0.611. The first-order chi connectivity index (χ1) is 5.33. The van der Waals surface area contributed by atoms with Crippen LogP contribution in [0.2, 0.25) is 0 Å². The van der Waals surface area contributed by atoms with Crippen LogP contribution in [-0.4, -0.2) is 6.47 Å². The monoisotopic (exact) mass is 149 g/mol. The first kappa shape index (κ1) is 7.79. The number of ether oxygens (including phenoxy) is 1. The molecule has 1 aromatic carbocycles. The van der Waals surface area contributed by atoms with Crippen molar-refractivity contribution < 1.29 is 9.53 Å². The first-order valence-corrected chi connectivity index (χ1v) is 3.32. The Morgan fingerprint density at radius 3 is 2.45 bits per heavy atom. The fourth-order valence-corrected chi connectivity index (χ4v) is 0.751. The van der Waals surface area contributed by atoms with E-state index in [0.29, 0.717) is 6.47 Å². The van der Waals surface area contributed by atoms with Crippen molar-refractivity contribution in [2.24, 2.45) is 0 Å². The van der Waals surface area contributed by atoms with Crippen LogP contribution in [0.3, 0.4) is 0 Å². The Morgan fingerprint density at radius 2 is 1.91 bits per heavy atom. The zero-order valence-corrected chi connectivity index (χ0v) is 6.28. The molecule has 11 heavy (non-hydrogen) atoms. The van der Waals surface area contributed by atoms with E-state index < -0.39 is 0 Å². The van der Waals surface area contributed by atoms with Crippen LogP contribution in [0.5, 0.6) is 0 Å². The third-order valence-electron chi connectivity index (χ3n) is 1.34. The summed E-state index contributed by atoms with van der Waals surface area (Å²) in [5.41, 5.74) is 2.08. The number of hydrogen-bond acceptors (Lipinski definition) is 2. The summed E-state index contributed by atoms with van der Waals surface area (Å²) in [6.07, 6.45) is 0. The summed E-state index contributed by atoms with van der Waals surface area (Å²) in [6.45, 7) is 3.82. The predicted octanol–water partition coefficient (Wildman–Crippen LogP) is 1.68. The molecule has 0 aliphatic carbocycles. The Morgan fingerprint density at radius 1 is 1.27 bits per heavy atom. The maximum atomic E-state index is 9.79. The summed E-state index contributed by atoms with van der Waals surface area (Å²) in [5.74, 6) is 0. The predicted molar refractivity (Wildman–Crippen MR) is 41.7 cm³/mol. The van der Waals surface area contributed by atoms with Gasteiger partial charge in [0.05, 0.1) is 0 Å². The van der Waals surface area contributed by atoms with E-state index in [1.54, 1.807) is 0 Å². The lowest BCUT2D eigenvalue weighted by molar-refractivity contribution is -0.125. The maximum absolute atomic E-state index is 9.79. The standard InChI is InChI=1S/C9H9O2/c1-8-2-4-9(5-3-8)6-11-7-10/h2-7H,1H3. The van der Waals surface area contributed by atoms with Crippen molar-refractivity contribution in [3.8, 4) is 0 Å². The second-order valence-electron chi connectivity index (χ2n) is 2.26. The zero-order chi connectivity index (χ0) is 8.10. The van der Waals surface area contributed by atoms with E-state index in [-0.39, 0.29) is 0 Å². The molecule has 57 valence electrons. The third kappa shape index (κ3) is 2.42. The molecular weight excluding hydrogens is 140 g/mol. The van der Waals surface area contributed by atoms with E-state index in [1.165, 1.54) is 12.2 Å². The molecule has 1 aromatic rings. The summed E-state index contributed by atoms with van der Waals surface area (Å²) in [5, 5.41) is 0. The van der Waals surface area contributed by atoms with E-state index in [1.807, 2.05) is 31.2 Å². The molecule has 0 bridgehead atoms. The molecule has 2 heteroatoms. The van der Waals surface area contributed by atoms with Crippen LogP contribution in [0.1, 0.15) is 11.1 Å². The van der Waals surface area contributed by atoms with E-state index in [4.69, 9.17) is 0 Å². The fraction of sp³-hybridized carbons (Fsp3) is 0.111. The highest BCUT2D eigenvalue weighted by molar-refractivity contribution is 5.40. The second kappa shape index (κ2) is 3.76. The van der Waals surface area contributed by atoms with E-state index in [2.05, 4.69) is 4.74 Å². The van der Waals surface area contributed by atoms with Crippen molar-refractivity contribution in [1.82, 2.24) is 0 Å². The van der Waals surface area contributed by atoms with E-state index >= 15 is 0 Å². The number of benzene rings is 1. The molecule has 1 radical (unpaired) electrons. The lowest BCUT2D eigenvalue weighted by atomic mass is 10.2. The number of rotatable bonds is 3. The third-order valence-corrected chi connectivity index (χ3v) is 1.34. The van der Waals surface area contributed by atoms with Gasteiger partial charge < -0.3 is 4.74 Å².